The monoisotopic (exact) mass is 239 g/mol. The standard InChI is InChI=1S/C14H13N3O/c1-10-7-8-17-13(9-10)15-16-14(17)11-5-3-4-6-12(11)18-2/h3-9H,1-2H3. The van der Waals surface area contributed by atoms with Crippen molar-refractivity contribution in [3.8, 4) is 17.1 Å². The van der Waals surface area contributed by atoms with Gasteiger partial charge in [-0.1, -0.05) is 12.1 Å². The van der Waals surface area contributed by atoms with Gasteiger partial charge in [-0.05, 0) is 36.8 Å². The number of para-hydroxylation sites is 1. The van der Waals surface area contributed by atoms with Gasteiger partial charge in [-0.25, -0.2) is 0 Å². The number of aromatic nitrogens is 3. The highest BCUT2D eigenvalue weighted by Gasteiger charge is 2.11. The average Bonchev–Trinajstić information content (AvgIpc) is 2.81. The first-order valence-corrected chi connectivity index (χ1v) is 5.74. The van der Waals surface area contributed by atoms with Gasteiger partial charge in [0.15, 0.2) is 11.5 Å². The summed E-state index contributed by atoms with van der Waals surface area (Å²) in [5, 5.41) is 8.44. The number of methoxy groups -OCH3 is 1. The van der Waals surface area contributed by atoms with Gasteiger partial charge in [0.1, 0.15) is 5.75 Å². The maximum Gasteiger partial charge on any atom is 0.172 e. The summed E-state index contributed by atoms with van der Waals surface area (Å²) < 4.78 is 7.32. The third-order valence-corrected chi connectivity index (χ3v) is 2.91. The van der Waals surface area contributed by atoms with Crippen molar-refractivity contribution < 1.29 is 4.74 Å². The second kappa shape index (κ2) is 4.14. The molecule has 2 heterocycles. The molecular formula is C14H13N3O. The van der Waals surface area contributed by atoms with Crippen molar-refractivity contribution in [1.82, 2.24) is 14.6 Å². The third kappa shape index (κ3) is 1.62. The molecule has 0 spiro atoms. The molecule has 18 heavy (non-hydrogen) atoms. The molecule has 0 bridgehead atoms. The zero-order chi connectivity index (χ0) is 12.5. The summed E-state index contributed by atoms with van der Waals surface area (Å²) in [6.07, 6.45) is 1.98. The SMILES string of the molecule is COc1ccccc1-c1nnc2cc(C)ccn12. The number of rotatable bonds is 2. The summed E-state index contributed by atoms with van der Waals surface area (Å²) in [5.41, 5.74) is 2.95. The molecule has 0 saturated carbocycles. The lowest BCUT2D eigenvalue weighted by Gasteiger charge is -2.06. The van der Waals surface area contributed by atoms with Crippen LogP contribution in [0.1, 0.15) is 5.56 Å². The summed E-state index contributed by atoms with van der Waals surface area (Å²) >= 11 is 0. The minimum absolute atomic E-state index is 0.794. The highest BCUT2D eigenvalue weighted by atomic mass is 16.5. The van der Waals surface area contributed by atoms with Crippen molar-refractivity contribution >= 4 is 5.65 Å². The van der Waals surface area contributed by atoms with E-state index < -0.39 is 0 Å². The Bertz CT molecular complexity index is 703. The second-order valence-corrected chi connectivity index (χ2v) is 4.16. The molecule has 0 radical (unpaired) electrons. The van der Waals surface area contributed by atoms with E-state index in [4.69, 9.17) is 4.74 Å². The first-order valence-electron chi connectivity index (χ1n) is 5.74. The quantitative estimate of drug-likeness (QED) is 0.690. The lowest BCUT2D eigenvalue weighted by molar-refractivity contribution is 0.416. The maximum atomic E-state index is 5.36. The number of aryl methyl sites for hydroxylation is 1. The smallest absolute Gasteiger partial charge is 0.172 e. The summed E-state index contributed by atoms with van der Waals surface area (Å²) in [6, 6.07) is 11.9. The Morgan fingerprint density at radius 1 is 1.11 bits per heavy atom. The van der Waals surface area contributed by atoms with E-state index in [2.05, 4.69) is 10.2 Å². The maximum absolute atomic E-state index is 5.36. The number of nitrogens with zero attached hydrogens (tertiary/aromatic N) is 3. The zero-order valence-electron chi connectivity index (χ0n) is 10.3. The number of ether oxygens (including phenoxy) is 1. The second-order valence-electron chi connectivity index (χ2n) is 4.16. The fourth-order valence-electron chi connectivity index (χ4n) is 2.01. The molecule has 3 rings (SSSR count). The van der Waals surface area contributed by atoms with Crippen molar-refractivity contribution in [3.63, 3.8) is 0 Å². The van der Waals surface area contributed by atoms with Crippen LogP contribution in [0.25, 0.3) is 17.0 Å². The van der Waals surface area contributed by atoms with Crippen LogP contribution in [0.2, 0.25) is 0 Å². The van der Waals surface area contributed by atoms with E-state index in [1.54, 1.807) is 7.11 Å². The lowest BCUT2D eigenvalue weighted by atomic mass is 10.2. The predicted molar refractivity (Wildman–Crippen MR) is 69.7 cm³/mol. The predicted octanol–water partition coefficient (Wildman–Crippen LogP) is 2.71. The molecular weight excluding hydrogens is 226 g/mol. The fourth-order valence-corrected chi connectivity index (χ4v) is 2.01. The molecule has 0 atom stereocenters. The Hall–Kier alpha value is -2.36. The zero-order valence-corrected chi connectivity index (χ0v) is 10.3. The fraction of sp³-hybridized carbons (Fsp3) is 0.143. The van der Waals surface area contributed by atoms with Gasteiger partial charge in [-0.15, -0.1) is 10.2 Å². The Balaban J connectivity index is 2.26. The molecule has 0 aliphatic carbocycles. The van der Waals surface area contributed by atoms with E-state index in [9.17, 15) is 0 Å². The molecule has 0 aliphatic rings. The van der Waals surface area contributed by atoms with Crippen LogP contribution in [-0.4, -0.2) is 21.7 Å². The van der Waals surface area contributed by atoms with Gasteiger partial charge >= 0.3 is 0 Å². The van der Waals surface area contributed by atoms with Crippen molar-refractivity contribution in [2.24, 2.45) is 0 Å². The Morgan fingerprint density at radius 2 is 1.94 bits per heavy atom. The van der Waals surface area contributed by atoms with Gasteiger partial charge < -0.3 is 4.74 Å². The molecule has 0 aliphatic heterocycles. The molecule has 0 amide bonds. The molecule has 2 aromatic heterocycles. The van der Waals surface area contributed by atoms with Crippen LogP contribution in [0, 0.1) is 6.92 Å². The Kier molecular flexibility index (Phi) is 2.48. The van der Waals surface area contributed by atoms with Gasteiger partial charge in [0.05, 0.1) is 12.7 Å². The van der Waals surface area contributed by atoms with Crippen LogP contribution in [-0.2, 0) is 0 Å². The van der Waals surface area contributed by atoms with Gasteiger partial charge in [0, 0.05) is 6.20 Å². The molecule has 1 aromatic carbocycles. The largest absolute Gasteiger partial charge is 0.496 e. The van der Waals surface area contributed by atoms with Gasteiger partial charge in [-0.3, -0.25) is 4.40 Å². The van der Waals surface area contributed by atoms with Crippen LogP contribution in [0.3, 0.4) is 0 Å². The van der Waals surface area contributed by atoms with E-state index in [-0.39, 0.29) is 0 Å². The molecule has 0 saturated heterocycles. The van der Waals surface area contributed by atoms with Gasteiger partial charge in [0.25, 0.3) is 0 Å². The van der Waals surface area contributed by atoms with E-state index in [1.165, 1.54) is 5.56 Å². The van der Waals surface area contributed by atoms with Gasteiger partial charge in [-0.2, -0.15) is 0 Å². The Labute approximate surface area is 105 Å². The lowest BCUT2D eigenvalue weighted by Crippen LogP contribution is -1.93. The first kappa shape index (κ1) is 10.8. The first-order chi connectivity index (χ1) is 8.79. The number of fused-ring (bicyclic) bond motifs is 1. The van der Waals surface area contributed by atoms with Crippen molar-refractivity contribution in [3.05, 3.63) is 48.2 Å². The highest BCUT2D eigenvalue weighted by molar-refractivity contribution is 5.66. The third-order valence-electron chi connectivity index (χ3n) is 2.91. The van der Waals surface area contributed by atoms with Crippen molar-refractivity contribution in [2.45, 2.75) is 6.92 Å². The van der Waals surface area contributed by atoms with E-state index >= 15 is 0 Å². The number of hydrogen-bond donors (Lipinski definition) is 0. The highest BCUT2D eigenvalue weighted by Crippen LogP contribution is 2.28. The van der Waals surface area contributed by atoms with Crippen LogP contribution >= 0.6 is 0 Å². The molecule has 0 unspecified atom stereocenters. The van der Waals surface area contributed by atoms with Crippen LogP contribution in [0.15, 0.2) is 42.6 Å². The van der Waals surface area contributed by atoms with Crippen molar-refractivity contribution in [2.75, 3.05) is 7.11 Å². The molecule has 4 nitrogen and oxygen atoms in total. The minimum atomic E-state index is 0.794. The van der Waals surface area contributed by atoms with Crippen LogP contribution in [0.5, 0.6) is 5.75 Å². The van der Waals surface area contributed by atoms with Crippen LogP contribution in [0.4, 0.5) is 0 Å². The molecule has 4 heteroatoms. The summed E-state index contributed by atoms with van der Waals surface area (Å²) in [4.78, 5) is 0. The molecule has 3 aromatic rings. The summed E-state index contributed by atoms with van der Waals surface area (Å²) in [6.45, 7) is 2.04. The molecule has 90 valence electrons. The number of hydrogen-bond acceptors (Lipinski definition) is 3. The average molecular weight is 239 g/mol. The molecule has 0 N–H and O–H groups in total. The minimum Gasteiger partial charge on any atom is -0.496 e. The molecule has 0 fully saturated rings. The topological polar surface area (TPSA) is 39.4 Å². The van der Waals surface area contributed by atoms with E-state index in [0.717, 1.165) is 22.8 Å². The van der Waals surface area contributed by atoms with E-state index in [1.807, 2.05) is 53.9 Å². The van der Waals surface area contributed by atoms with Gasteiger partial charge in [0.2, 0.25) is 0 Å². The number of benzene rings is 1. The summed E-state index contributed by atoms with van der Waals surface area (Å²) in [7, 11) is 1.66. The van der Waals surface area contributed by atoms with Crippen molar-refractivity contribution in [1.29, 1.82) is 0 Å². The number of pyridine rings is 1. The van der Waals surface area contributed by atoms with E-state index in [0.29, 0.717) is 0 Å². The summed E-state index contributed by atoms with van der Waals surface area (Å²) in [5.74, 6) is 1.59. The van der Waals surface area contributed by atoms with Crippen LogP contribution < -0.4 is 4.74 Å². The Morgan fingerprint density at radius 3 is 2.78 bits per heavy atom. The normalized spacial score (nSPS) is 10.8.